The molecule has 0 amide bonds. The Balaban J connectivity index is 1.70. The molecular weight excluding hydrogens is 266 g/mol. The number of rotatable bonds is 3. The summed E-state index contributed by atoms with van der Waals surface area (Å²) in [5.41, 5.74) is 4.67. The lowest BCUT2D eigenvalue weighted by molar-refractivity contribution is 0.744. The van der Waals surface area contributed by atoms with Crippen molar-refractivity contribution >= 4 is 28.9 Å². The third-order valence-electron chi connectivity index (χ3n) is 3.42. The monoisotopic (exact) mass is 279 g/mol. The first-order valence-electron chi connectivity index (χ1n) is 6.60. The van der Waals surface area contributed by atoms with E-state index in [2.05, 4.69) is 46.0 Å². The molecule has 0 saturated heterocycles. The van der Waals surface area contributed by atoms with Crippen LogP contribution in [-0.4, -0.2) is 14.5 Å². The fourth-order valence-electron chi connectivity index (χ4n) is 2.51. The first-order valence-corrected chi connectivity index (χ1v) is 7.59. The Kier molecular flexibility index (Phi) is 2.81. The minimum atomic E-state index is 0.850. The molecule has 4 rings (SSSR count). The van der Waals surface area contributed by atoms with Crippen molar-refractivity contribution in [1.29, 1.82) is 0 Å². The van der Waals surface area contributed by atoms with Gasteiger partial charge in [-0.1, -0.05) is 42.1 Å². The van der Waals surface area contributed by atoms with Gasteiger partial charge in [0.15, 0.2) is 5.16 Å². The topological polar surface area (TPSA) is 30.7 Å². The third-order valence-corrected chi connectivity index (χ3v) is 4.43. The Labute approximate surface area is 121 Å². The quantitative estimate of drug-likeness (QED) is 0.684. The smallest absolute Gasteiger partial charge is 0.169 e. The van der Waals surface area contributed by atoms with Gasteiger partial charge in [0.1, 0.15) is 0 Å². The summed E-state index contributed by atoms with van der Waals surface area (Å²) in [6.07, 6.45) is 6.20. The van der Waals surface area contributed by atoms with Crippen molar-refractivity contribution in [3.63, 3.8) is 0 Å². The highest BCUT2D eigenvalue weighted by molar-refractivity contribution is 7.98. The molecule has 0 radical (unpaired) electrons. The second kappa shape index (κ2) is 4.80. The number of allylic oxidation sites excluding steroid dienone is 1. The maximum atomic E-state index is 4.76. The number of hydrogen-bond acceptors (Lipinski definition) is 3. The molecule has 0 spiro atoms. The minimum Gasteiger partial charge on any atom is -0.315 e. The molecular formula is C16H13N3S. The minimum absolute atomic E-state index is 0.850. The van der Waals surface area contributed by atoms with Crippen molar-refractivity contribution in [1.82, 2.24) is 14.5 Å². The van der Waals surface area contributed by atoms with Gasteiger partial charge in [0.2, 0.25) is 0 Å². The van der Waals surface area contributed by atoms with Crippen LogP contribution in [0.1, 0.15) is 11.3 Å². The van der Waals surface area contributed by atoms with Gasteiger partial charge in [-0.25, -0.2) is 4.98 Å². The average Bonchev–Trinajstić information content (AvgIpc) is 2.87. The molecule has 0 N–H and O–H groups in total. The van der Waals surface area contributed by atoms with Crippen LogP contribution in [0.25, 0.3) is 17.1 Å². The molecule has 98 valence electrons. The van der Waals surface area contributed by atoms with Crippen molar-refractivity contribution in [2.24, 2.45) is 0 Å². The van der Waals surface area contributed by atoms with Gasteiger partial charge in [-0.2, -0.15) is 0 Å². The van der Waals surface area contributed by atoms with Gasteiger partial charge in [-0.3, -0.25) is 4.98 Å². The number of aromatic nitrogens is 3. The molecule has 1 aliphatic rings. The van der Waals surface area contributed by atoms with Crippen LogP contribution in [0, 0.1) is 0 Å². The van der Waals surface area contributed by atoms with Gasteiger partial charge in [0.25, 0.3) is 0 Å². The normalized spacial score (nSPS) is 13.0. The summed E-state index contributed by atoms with van der Waals surface area (Å²) in [4.78, 5) is 9.12. The van der Waals surface area contributed by atoms with Crippen molar-refractivity contribution in [3.05, 3.63) is 59.9 Å². The van der Waals surface area contributed by atoms with Gasteiger partial charge >= 0.3 is 0 Å². The van der Waals surface area contributed by atoms with E-state index in [4.69, 9.17) is 4.98 Å². The predicted octanol–water partition coefficient (Wildman–Crippen LogP) is 3.75. The Hall–Kier alpha value is -2.07. The van der Waals surface area contributed by atoms with Gasteiger partial charge in [0, 0.05) is 24.1 Å². The number of benzene rings is 1. The number of imidazole rings is 1. The fourth-order valence-corrected chi connectivity index (χ4v) is 3.45. The lowest BCUT2D eigenvalue weighted by Gasteiger charge is -2.11. The fraction of sp³-hybridized carbons (Fsp3) is 0.125. The van der Waals surface area contributed by atoms with Crippen LogP contribution in [0.4, 0.5) is 0 Å². The highest BCUT2D eigenvalue weighted by atomic mass is 32.2. The van der Waals surface area contributed by atoms with Crippen molar-refractivity contribution < 1.29 is 0 Å². The zero-order valence-corrected chi connectivity index (χ0v) is 11.7. The highest BCUT2D eigenvalue weighted by Gasteiger charge is 2.15. The SMILES string of the molecule is C1=Cc2cccc3nc(SCc4ccccn4)n(c23)C1. The summed E-state index contributed by atoms with van der Waals surface area (Å²) in [5.74, 6) is 0.850. The molecule has 1 aliphatic heterocycles. The van der Waals surface area contributed by atoms with E-state index in [1.807, 2.05) is 18.3 Å². The van der Waals surface area contributed by atoms with E-state index < -0.39 is 0 Å². The van der Waals surface area contributed by atoms with Gasteiger partial charge < -0.3 is 4.57 Å². The molecule has 0 aliphatic carbocycles. The maximum absolute atomic E-state index is 4.76. The van der Waals surface area contributed by atoms with Crippen LogP contribution in [0.15, 0.2) is 53.8 Å². The summed E-state index contributed by atoms with van der Waals surface area (Å²) < 4.78 is 2.29. The number of para-hydroxylation sites is 1. The third kappa shape index (κ3) is 1.93. The van der Waals surface area contributed by atoms with Crippen molar-refractivity contribution in [2.75, 3.05) is 0 Å². The van der Waals surface area contributed by atoms with Crippen LogP contribution in [0.3, 0.4) is 0 Å². The van der Waals surface area contributed by atoms with E-state index in [0.717, 1.165) is 28.7 Å². The molecule has 2 aromatic heterocycles. The summed E-state index contributed by atoms with van der Waals surface area (Å²) in [6.45, 7) is 0.901. The summed E-state index contributed by atoms with van der Waals surface area (Å²) in [6, 6.07) is 12.3. The standard InChI is InChI=1S/C16H13N3S/c1-2-9-17-13(7-1)11-20-16-18-14-8-3-5-12-6-4-10-19(16)15(12)14/h1-9H,10-11H2. The number of pyridine rings is 1. The lowest BCUT2D eigenvalue weighted by atomic mass is 10.1. The molecule has 0 fully saturated rings. The first-order chi connectivity index (χ1) is 9.92. The van der Waals surface area contributed by atoms with E-state index >= 15 is 0 Å². The first kappa shape index (κ1) is 11.7. The van der Waals surface area contributed by atoms with Crippen molar-refractivity contribution in [2.45, 2.75) is 17.5 Å². The molecule has 0 bridgehead atoms. The van der Waals surface area contributed by atoms with E-state index in [1.165, 1.54) is 11.1 Å². The average molecular weight is 279 g/mol. The summed E-state index contributed by atoms with van der Waals surface area (Å²) in [5, 5.41) is 1.07. The molecule has 0 unspecified atom stereocenters. The van der Waals surface area contributed by atoms with Gasteiger partial charge in [-0.15, -0.1) is 0 Å². The van der Waals surface area contributed by atoms with E-state index in [-0.39, 0.29) is 0 Å². The van der Waals surface area contributed by atoms with Crippen LogP contribution in [-0.2, 0) is 12.3 Å². The highest BCUT2D eigenvalue weighted by Crippen LogP contribution is 2.30. The second-order valence-electron chi connectivity index (χ2n) is 4.73. The Morgan fingerprint density at radius 1 is 1.15 bits per heavy atom. The van der Waals surface area contributed by atoms with E-state index in [1.54, 1.807) is 11.8 Å². The summed E-state index contributed by atoms with van der Waals surface area (Å²) in [7, 11) is 0. The Morgan fingerprint density at radius 3 is 3.05 bits per heavy atom. The van der Waals surface area contributed by atoms with Crippen molar-refractivity contribution in [3.8, 4) is 0 Å². The summed E-state index contributed by atoms with van der Waals surface area (Å²) >= 11 is 1.75. The molecule has 3 heterocycles. The Bertz CT molecular complexity index is 790. The molecule has 3 aromatic rings. The second-order valence-corrected chi connectivity index (χ2v) is 5.67. The molecule has 0 atom stereocenters. The zero-order valence-electron chi connectivity index (χ0n) is 10.9. The predicted molar refractivity (Wildman–Crippen MR) is 82.6 cm³/mol. The number of hydrogen-bond donors (Lipinski definition) is 0. The molecule has 3 nitrogen and oxygen atoms in total. The molecule has 20 heavy (non-hydrogen) atoms. The van der Waals surface area contributed by atoms with Gasteiger partial charge in [-0.05, 0) is 18.2 Å². The van der Waals surface area contributed by atoms with Gasteiger partial charge in [0.05, 0.1) is 16.7 Å². The van der Waals surface area contributed by atoms with Crippen LogP contribution >= 0.6 is 11.8 Å². The van der Waals surface area contributed by atoms with E-state index in [9.17, 15) is 0 Å². The lowest BCUT2D eigenvalue weighted by Crippen LogP contribution is -2.02. The number of nitrogens with zero attached hydrogens (tertiary/aromatic N) is 3. The van der Waals surface area contributed by atoms with Crippen LogP contribution < -0.4 is 0 Å². The maximum Gasteiger partial charge on any atom is 0.169 e. The number of thioether (sulfide) groups is 1. The van der Waals surface area contributed by atoms with Crippen LogP contribution in [0.5, 0.6) is 0 Å². The molecule has 0 saturated carbocycles. The van der Waals surface area contributed by atoms with Crippen LogP contribution in [0.2, 0.25) is 0 Å². The van der Waals surface area contributed by atoms with E-state index in [0.29, 0.717) is 0 Å². The Morgan fingerprint density at radius 2 is 2.15 bits per heavy atom. The largest absolute Gasteiger partial charge is 0.315 e. The molecule has 4 heteroatoms. The zero-order chi connectivity index (χ0) is 13.4. The molecule has 1 aromatic carbocycles.